The van der Waals surface area contributed by atoms with Crippen LogP contribution in [0.15, 0.2) is 38.3 Å². The number of benzene rings is 1. The summed E-state index contributed by atoms with van der Waals surface area (Å²) >= 11 is 3.65. The van der Waals surface area contributed by atoms with Crippen LogP contribution in [-0.4, -0.2) is 48.3 Å². The van der Waals surface area contributed by atoms with Crippen LogP contribution in [0.25, 0.3) is 0 Å². The van der Waals surface area contributed by atoms with Crippen LogP contribution in [0, 0.1) is 6.92 Å². The SMILES string of the molecule is CCNC(=NCCCc1nc(C)no1)NC1CCN(c2ccccc2Br)C1. The molecule has 2 aromatic rings. The highest BCUT2D eigenvalue weighted by Crippen LogP contribution is 2.28. The van der Waals surface area contributed by atoms with Crippen LogP contribution in [-0.2, 0) is 6.42 Å². The lowest BCUT2D eigenvalue weighted by molar-refractivity contribution is 0.372. The molecule has 1 atom stereocenters. The fourth-order valence-electron chi connectivity index (χ4n) is 3.18. The third-order valence-electron chi connectivity index (χ3n) is 4.45. The summed E-state index contributed by atoms with van der Waals surface area (Å²) in [4.78, 5) is 11.3. The van der Waals surface area contributed by atoms with E-state index in [1.165, 1.54) is 5.69 Å². The fourth-order valence-corrected chi connectivity index (χ4v) is 3.72. The molecule has 8 heteroatoms. The highest BCUT2D eigenvalue weighted by molar-refractivity contribution is 9.10. The van der Waals surface area contributed by atoms with Gasteiger partial charge in [0.15, 0.2) is 11.8 Å². The van der Waals surface area contributed by atoms with E-state index in [2.05, 4.69) is 66.7 Å². The molecule has 3 rings (SSSR count). The molecule has 1 aliphatic rings. The predicted molar refractivity (Wildman–Crippen MR) is 111 cm³/mol. The Morgan fingerprint density at radius 3 is 3.00 bits per heavy atom. The van der Waals surface area contributed by atoms with Gasteiger partial charge in [-0.15, -0.1) is 0 Å². The maximum absolute atomic E-state index is 5.14. The lowest BCUT2D eigenvalue weighted by Gasteiger charge is -2.21. The van der Waals surface area contributed by atoms with Gasteiger partial charge in [-0.1, -0.05) is 17.3 Å². The van der Waals surface area contributed by atoms with Crippen molar-refractivity contribution in [2.24, 2.45) is 4.99 Å². The van der Waals surface area contributed by atoms with Crippen LogP contribution < -0.4 is 15.5 Å². The van der Waals surface area contributed by atoms with Gasteiger partial charge in [0.1, 0.15) is 0 Å². The van der Waals surface area contributed by atoms with Crippen molar-refractivity contribution >= 4 is 27.6 Å². The van der Waals surface area contributed by atoms with Crippen LogP contribution in [0.4, 0.5) is 5.69 Å². The summed E-state index contributed by atoms with van der Waals surface area (Å²) in [6.07, 6.45) is 2.72. The van der Waals surface area contributed by atoms with Gasteiger partial charge >= 0.3 is 0 Å². The molecule has 0 spiro atoms. The third kappa shape index (κ3) is 5.69. The fraction of sp³-hybridized carbons (Fsp3) is 0.526. The number of para-hydroxylation sites is 1. The van der Waals surface area contributed by atoms with Gasteiger partial charge in [0.25, 0.3) is 0 Å². The van der Waals surface area contributed by atoms with E-state index in [1.54, 1.807) is 0 Å². The van der Waals surface area contributed by atoms with E-state index in [-0.39, 0.29) is 0 Å². The molecule has 1 saturated heterocycles. The van der Waals surface area contributed by atoms with Gasteiger partial charge in [0.2, 0.25) is 5.89 Å². The number of hydrogen-bond acceptors (Lipinski definition) is 5. The van der Waals surface area contributed by atoms with Crippen molar-refractivity contribution in [2.75, 3.05) is 31.1 Å². The molecule has 1 unspecified atom stereocenters. The maximum Gasteiger partial charge on any atom is 0.226 e. The van der Waals surface area contributed by atoms with E-state index < -0.39 is 0 Å². The van der Waals surface area contributed by atoms with E-state index in [1.807, 2.05) is 13.0 Å². The summed E-state index contributed by atoms with van der Waals surface area (Å²) in [7, 11) is 0. The molecule has 146 valence electrons. The molecule has 1 aromatic heterocycles. The van der Waals surface area contributed by atoms with E-state index >= 15 is 0 Å². The molecule has 0 bridgehead atoms. The molecule has 1 aliphatic heterocycles. The normalized spacial score (nSPS) is 17.4. The van der Waals surface area contributed by atoms with Gasteiger partial charge in [-0.3, -0.25) is 4.99 Å². The van der Waals surface area contributed by atoms with Crippen LogP contribution >= 0.6 is 15.9 Å². The first-order chi connectivity index (χ1) is 13.2. The number of anilines is 1. The number of nitrogens with one attached hydrogen (secondary N) is 2. The monoisotopic (exact) mass is 434 g/mol. The Kier molecular flexibility index (Phi) is 7.09. The topological polar surface area (TPSA) is 78.6 Å². The largest absolute Gasteiger partial charge is 0.368 e. The van der Waals surface area contributed by atoms with Crippen LogP contribution in [0.3, 0.4) is 0 Å². The van der Waals surface area contributed by atoms with Crippen molar-refractivity contribution in [3.05, 3.63) is 40.5 Å². The molecule has 0 amide bonds. The summed E-state index contributed by atoms with van der Waals surface area (Å²) < 4.78 is 6.28. The highest BCUT2D eigenvalue weighted by atomic mass is 79.9. The molecular weight excluding hydrogens is 408 g/mol. The zero-order valence-corrected chi connectivity index (χ0v) is 17.5. The summed E-state index contributed by atoms with van der Waals surface area (Å²) in [6.45, 7) is 7.48. The maximum atomic E-state index is 5.14. The average molecular weight is 435 g/mol. The molecular formula is C19H27BrN6O. The Bertz CT molecular complexity index is 762. The molecule has 0 radical (unpaired) electrons. The van der Waals surface area contributed by atoms with Gasteiger partial charge in [-0.25, -0.2) is 0 Å². The molecule has 1 aromatic carbocycles. The van der Waals surface area contributed by atoms with Crippen molar-refractivity contribution in [3.63, 3.8) is 0 Å². The van der Waals surface area contributed by atoms with Crippen LogP contribution in [0.5, 0.6) is 0 Å². The third-order valence-corrected chi connectivity index (χ3v) is 5.13. The Morgan fingerprint density at radius 1 is 1.41 bits per heavy atom. The minimum absolute atomic E-state index is 0.383. The van der Waals surface area contributed by atoms with Gasteiger partial charge in [0.05, 0.1) is 5.69 Å². The van der Waals surface area contributed by atoms with Crippen LogP contribution in [0.1, 0.15) is 31.5 Å². The van der Waals surface area contributed by atoms with Gasteiger partial charge in [0, 0.05) is 43.1 Å². The summed E-state index contributed by atoms with van der Waals surface area (Å²) in [5, 5.41) is 10.7. The molecule has 7 nitrogen and oxygen atoms in total. The second-order valence-corrected chi connectivity index (χ2v) is 7.48. The first kappa shape index (κ1) is 19.7. The quantitative estimate of drug-likeness (QED) is 0.396. The van der Waals surface area contributed by atoms with E-state index in [0.29, 0.717) is 17.8 Å². The second kappa shape index (κ2) is 9.73. The number of rotatable bonds is 7. The molecule has 27 heavy (non-hydrogen) atoms. The zero-order valence-electron chi connectivity index (χ0n) is 15.9. The number of aryl methyl sites for hydroxylation is 2. The van der Waals surface area contributed by atoms with E-state index in [0.717, 1.165) is 55.9 Å². The lowest BCUT2D eigenvalue weighted by Crippen LogP contribution is -2.44. The van der Waals surface area contributed by atoms with E-state index in [4.69, 9.17) is 9.52 Å². The van der Waals surface area contributed by atoms with E-state index in [9.17, 15) is 0 Å². The smallest absolute Gasteiger partial charge is 0.226 e. The Morgan fingerprint density at radius 2 is 2.26 bits per heavy atom. The first-order valence-corrected chi connectivity index (χ1v) is 10.3. The summed E-state index contributed by atoms with van der Waals surface area (Å²) in [6, 6.07) is 8.76. The number of halogens is 1. The van der Waals surface area contributed by atoms with Crippen LogP contribution in [0.2, 0.25) is 0 Å². The van der Waals surface area contributed by atoms with Crippen molar-refractivity contribution in [3.8, 4) is 0 Å². The minimum Gasteiger partial charge on any atom is -0.368 e. The first-order valence-electron chi connectivity index (χ1n) is 9.49. The van der Waals surface area contributed by atoms with Crippen molar-refractivity contribution in [1.29, 1.82) is 0 Å². The Hall–Kier alpha value is -2.09. The van der Waals surface area contributed by atoms with Gasteiger partial charge in [-0.2, -0.15) is 4.98 Å². The van der Waals surface area contributed by atoms with Gasteiger partial charge < -0.3 is 20.1 Å². The average Bonchev–Trinajstić information content (AvgIpc) is 3.28. The number of aromatic nitrogens is 2. The number of hydrogen-bond donors (Lipinski definition) is 2. The molecule has 0 saturated carbocycles. The Balaban J connectivity index is 1.49. The van der Waals surface area contributed by atoms with Crippen molar-refractivity contribution < 1.29 is 4.52 Å². The second-order valence-electron chi connectivity index (χ2n) is 6.63. The number of guanidine groups is 1. The van der Waals surface area contributed by atoms with Crippen molar-refractivity contribution in [2.45, 2.75) is 39.2 Å². The molecule has 1 fully saturated rings. The molecule has 0 aliphatic carbocycles. The summed E-state index contributed by atoms with van der Waals surface area (Å²) in [5.41, 5.74) is 1.25. The number of aliphatic imine (C=N–C) groups is 1. The minimum atomic E-state index is 0.383. The molecule has 2 heterocycles. The highest BCUT2D eigenvalue weighted by Gasteiger charge is 2.24. The zero-order chi connectivity index (χ0) is 19.1. The lowest BCUT2D eigenvalue weighted by atomic mass is 10.2. The standard InChI is InChI=1S/C19H27BrN6O/c1-3-21-19(22-11-6-9-18-23-14(2)25-27-18)24-15-10-12-26(13-15)17-8-5-4-7-16(17)20/h4-5,7-8,15H,3,6,9-13H2,1-2H3,(H2,21,22,24). The van der Waals surface area contributed by atoms with Crippen molar-refractivity contribution in [1.82, 2.24) is 20.8 Å². The molecule has 2 N–H and O–H groups in total. The summed E-state index contributed by atoms with van der Waals surface area (Å²) in [5.74, 6) is 2.23. The van der Waals surface area contributed by atoms with Gasteiger partial charge in [-0.05, 0) is 54.8 Å². The number of nitrogens with zero attached hydrogens (tertiary/aromatic N) is 4. The predicted octanol–water partition coefficient (Wildman–Crippen LogP) is 2.91. The Labute approximate surface area is 168 Å².